The molecule has 10 heteroatoms. The third-order valence-corrected chi connectivity index (χ3v) is 5.56. The van der Waals surface area contributed by atoms with Crippen LogP contribution in [-0.4, -0.2) is 49.8 Å². The van der Waals surface area contributed by atoms with Crippen molar-refractivity contribution in [2.24, 2.45) is 0 Å². The quantitative estimate of drug-likeness (QED) is 0.767. The van der Waals surface area contributed by atoms with Crippen molar-refractivity contribution in [1.82, 2.24) is 5.32 Å². The van der Waals surface area contributed by atoms with Gasteiger partial charge in [-0.25, -0.2) is 0 Å². The molecule has 29 heavy (non-hydrogen) atoms. The Morgan fingerprint density at radius 2 is 1.72 bits per heavy atom. The molecule has 0 aromatic heterocycles. The zero-order valence-corrected chi connectivity index (χ0v) is 16.9. The number of alkyl halides is 3. The fourth-order valence-electron chi connectivity index (χ4n) is 3.17. The lowest BCUT2D eigenvalue weighted by Crippen LogP contribution is -2.41. The summed E-state index contributed by atoms with van der Waals surface area (Å²) in [4.78, 5) is 12.8. The first-order valence-corrected chi connectivity index (χ1v) is 9.52. The summed E-state index contributed by atoms with van der Waals surface area (Å²) in [5.41, 5.74) is -1.02. The van der Waals surface area contributed by atoms with Crippen LogP contribution in [0.3, 0.4) is 0 Å². The minimum Gasteiger partial charge on any atom is -0.405 e. The van der Waals surface area contributed by atoms with E-state index in [4.69, 9.17) is 14.0 Å². The number of rotatable bonds is 4. The lowest BCUT2D eigenvalue weighted by atomic mass is 9.78. The third-order valence-electron chi connectivity index (χ3n) is 5.56. The molecule has 0 atom stereocenters. The van der Waals surface area contributed by atoms with E-state index in [1.807, 2.05) is 27.7 Å². The van der Waals surface area contributed by atoms with Crippen LogP contribution in [0.4, 0.5) is 13.2 Å². The molecule has 2 saturated heterocycles. The highest BCUT2D eigenvalue weighted by atomic mass is 19.4. The van der Waals surface area contributed by atoms with Gasteiger partial charge in [0.05, 0.1) is 16.8 Å². The van der Waals surface area contributed by atoms with E-state index in [0.717, 1.165) is 6.07 Å². The van der Waals surface area contributed by atoms with Crippen LogP contribution in [0.15, 0.2) is 18.2 Å². The van der Waals surface area contributed by atoms with Crippen LogP contribution >= 0.6 is 0 Å². The van der Waals surface area contributed by atoms with Gasteiger partial charge < -0.3 is 24.1 Å². The molecule has 3 rings (SSSR count). The average Bonchev–Trinajstić information content (AvgIpc) is 2.82. The van der Waals surface area contributed by atoms with Gasteiger partial charge in [0.1, 0.15) is 5.75 Å². The average molecular weight is 415 g/mol. The van der Waals surface area contributed by atoms with E-state index in [1.165, 1.54) is 12.1 Å². The molecular formula is C19H25BF3NO5. The van der Waals surface area contributed by atoms with Gasteiger partial charge >= 0.3 is 13.5 Å². The number of ether oxygens (including phenoxy) is 2. The monoisotopic (exact) mass is 415 g/mol. The molecule has 0 bridgehead atoms. The Bertz CT molecular complexity index is 747. The second-order valence-electron chi connectivity index (χ2n) is 8.25. The number of halogens is 3. The minimum absolute atomic E-state index is 0.171. The second kappa shape index (κ2) is 7.81. The van der Waals surface area contributed by atoms with Crippen molar-refractivity contribution in [1.29, 1.82) is 0 Å². The van der Waals surface area contributed by atoms with E-state index in [-0.39, 0.29) is 11.6 Å². The smallest absolute Gasteiger partial charge is 0.405 e. The summed E-state index contributed by atoms with van der Waals surface area (Å²) >= 11 is 0. The summed E-state index contributed by atoms with van der Waals surface area (Å²) in [6.07, 6.45) is -3.73. The highest BCUT2D eigenvalue weighted by molar-refractivity contribution is 6.62. The maximum absolute atomic E-state index is 12.8. The van der Waals surface area contributed by atoms with E-state index in [2.05, 4.69) is 10.1 Å². The summed E-state index contributed by atoms with van der Waals surface area (Å²) < 4.78 is 59.7. The fraction of sp³-hybridized carbons (Fsp3) is 0.632. The van der Waals surface area contributed by atoms with Gasteiger partial charge in [0, 0.05) is 19.3 Å². The molecule has 1 aromatic rings. The van der Waals surface area contributed by atoms with E-state index in [1.54, 1.807) is 0 Å². The van der Waals surface area contributed by atoms with Crippen molar-refractivity contribution in [3.8, 4) is 5.75 Å². The van der Waals surface area contributed by atoms with Gasteiger partial charge in [-0.15, -0.1) is 13.2 Å². The molecule has 0 unspecified atom stereocenters. The maximum atomic E-state index is 12.8. The third kappa shape index (κ3) is 5.05. The molecule has 1 aromatic carbocycles. The number of nitrogens with one attached hydrogen (secondary N) is 1. The van der Waals surface area contributed by atoms with Gasteiger partial charge in [0.25, 0.3) is 5.91 Å². The molecule has 0 saturated carbocycles. The van der Waals surface area contributed by atoms with Gasteiger partial charge in [-0.2, -0.15) is 0 Å². The first kappa shape index (κ1) is 21.9. The van der Waals surface area contributed by atoms with E-state index in [9.17, 15) is 18.0 Å². The Kier molecular flexibility index (Phi) is 5.90. The number of carbonyl (C=O) groups excluding carboxylic acids is 1. The zero-order chi connectivity index (χ0) is 21.4. The number of hydrogen-bond acceptors (Lipinski definition) is 5. The lowest BCUT2D eigenvalue weighted by Gasteiger charge is -2.32. The van der Waals surface area contributed by atoms with Gasteiger partial charge in [-0.05, 0) is 58.1 Å². The zero-order valence-electron chi connectivity index (χ0n) is 16.9. The van der Waals surface area contributed by atoms with Crippen LogP contribution in [0.1, 0.15) is 50.9 Å². The summed E-state index contributed by atoms with van der Waals surface area (Å²) in [6, 6.07) is 3.69. The Balaban J connectivity index is 1.88. The van der Waals surface area contributed by atoms with E-state index >= 15 is 0 Å². The van der Waals surface area contributed by atoms with Crippen molar-refractivity contribution in [3.05, 3.63) is 23.8 Å². The first-order valence-electron chi connectivity index (χ1n) is 9.52. The highest BCUT2D eigenvalue weighted by Crippen LogP contribution is 2.37. The summed E-state index contributed by atoms with van der Waals surface area (Å²) in [5.74, 6) is -1.21. The number of amides is 1. The van der Waals surface area contributed by atoms with E-state index in [0.29, 0.717) is 31.5 Å². The van der Waals surface area contributed by atoms with Crippen LogP contribution in [0.2, 0.25) is 0 Å². The van der Waals surface area contributed by atoms with Crippen LogP contribution in [0.25, 0.3) is 0 Å². The van der Waals surface area contributed by atoms with Crippen molar-refractivity contribution in [2.75, 3.05) is 13.2 Å². The molecule has 1 amide bonds. The van der Waals surface area contributed by atoms with Crippen LogP contribution in [0, 0.1) is 0 Å². The van der Waals surface area contributed by atoms with Gasteiger partial charge in [0.15, 0.2) is 0 Å². The fourth-order valence-corrected chi connectivity index (χ4v) is 3.17. The Morgan fingerprint density at radius 3 is 2.28 bits per heavy atom. The molecule has 0 spiro atoms. The van der Waals surface area contributed by atoms with Crippen LogP contribution < -0.4 is 15.5 Å². The number of carbonyl (C=O) groups is 1. The van der Waals surface area contributed by atoms with Crippen LogP contribution in [-0.2, 0) is 14.0 Å². The lowest BCUT2D eigenvalue weighted by molar-refractivity contribution is -0.274. The van der Waals surface area contributed by atoms with Crippen molar-refractivity contribution >= 4 is 18.5 Å². The van der Waals surface area contributed by atoms with Crippen molar-refractivity contribution < 1.29 is 36.7 Å². The Labute approximate surface area is 168 Å². The Morgan fingerprint density at radius 1 is 1.14 bits per heavy atom. The molecule has 2 fully saturated rings. The molecule has 0 aliphatic carbocycles. The molecular weight excluding hydrogens is 390 g/mol. The maximum Gasteiger partial charge on any atom is 0.573 e. The summed E-state index contributed by atoms with van der Waals surface area (Å²) in [6.45, 7) is 8.45. The van der Waals surface area contributed by atoms with E-state index < -0.39 is 36.3 Å². The molecule has 2 aliphatic rings. The molecule has 2 aliphatic heterocycles. The van der Waals surface area contributed by atoms with Crippen LogP contribution in [0.5, 0.6) is 5.75 Å². The summed E-state index contributed by atoms with van der Waals surface area (Å²) in [5, 5.41) is 2.76. The topological polar surface area (TPSA) is 66.0 Å². The van der Waals surface area contributed by atoms with Gasteiger partial charge in [0.2, 0.25) is 0 Å². The van der Waals surface area contributed by atoms with Crippen molar-refractivity contribution in [3.63, 3.8) is 0 Å². The number of hydrogen-bond donors (Lipinski definition) is 1. The van der Waals surface area contributed by atoms with Gasteiger partial charge in [-0.3, -0.25) is 4.79 Å². The molecule has 2 heterocycles. The predicted octanol–water partition coefficient (Wildman–Crippen LogP) is 2.79. The predicted molar refractivity (Wildman–Crippen MR) is 100 cm³/mol. The highest BCUT2D eigenvalue weighted by Gasteiger charge is 2.52. The number of benzene rings is 1. The first-order chi connectivity index (χ1) is 13.4. The molecule has 0 radical (unpaired) electrons. The van der Waals surface area contributed by atoms with Gasteiger partial charge in [-0.1, -0.05) is 6.07 Å². The molecule has 6 nitrogen and oxygen atoms in total. The minimum atomic E-state index is -4.92. The molecule has 160 valence electrons. The van der Waals surface area contributed by atoms with Crippen molar-refractivity contribution in [2.45, 2.75) is 64.1 Å². The SMILES string of the molecule is CC1(C)OB(c2ccc(OC(F)(F)F)c(C(=O)NC3CCOCC3)c2)OC1(C)C. The normalized spacial score (nSPS) is 21.8. The largest absolute Gasteiger partial charge is 0.573 e. The standard InChI is InChI=1S/C19H25BF3NO5/c1-17(2)18(3,4)29-20(28-17)12-5-6-15(27-19(21,22)23)14(11-12)16(25)24-13-7-9-26-10-8-13/h5-6,11,13H,7-10H2,1-4H3,(H,24,25). The second-order valence-corrected chi connectivity index (χ2v) is 8.25. The summed E-state index contributed by atoms with van der Waals surface area (Å²) in [7, 11) is -0.811. The Hall–Kier alpha value is -1.78. The molecule has 1 N–H and O–H groups in total.